The number of carbonyl (C=O) groups is 3. The Morgan fingerprint density at radius 3 is 2.26 bits per heavy atom. The highest BCUT2D eigenvalue weighted by Gasteiger charge is 2.48. The maximum Gasteiger partial charge on any atom is 0.335 e. The topological polar surface area (TPSA) is 162 Å². The van der Waals surface area contributed by atoms with Gasteiger partial charge in [-0.2, -0.15) is 0 Å². The zero-order chi connectivity index (χ0) is 27.1. The van der Waals surface area contributed by atoms with E-state index in [1.807, 2.05) is 0 Å². The van der Waals surface area contributed by atoms with Crippen LogP contribution >= 0.6 is 0 Å². The predicted octanol–water partition coefficient (Wildman–Crippen LogP) is 3.61. The number of methoxy groups -OCH3 is 2. The van der Waals surface area contributed by atoms with Crippen LogP contribution in [0.15, 0.2) is 66.2 Å². The van der Waals surface area contributed by atoms with Crippen molar-refractivity contribution >= 4 is 40.4 Å². The molecule has 1 aliphatic heterocycles. The Bertz CT molecular complexity index is 1640. The van der Waals surface area contributed by atoms with Crippen molar-refractivity contribution in [3.8, 4) is 17.2 Å². The molecule has 0 radical (unpaired) electrons. The number of phenolic OH excluding ortho intramolecular Hbond substituents is 1. The zero-order valence-electron chi connectivity index (χ0n) is 20.1. The van der Waals surface area contributed by atoms with Gasteiger partial charge in [-0.1, -0.05) is 12.1 Å². The Kier molecular flexibility index (Phi) is 5.95. The fraction of sp³-hybridized carbons (Fsp3) is 0.111. The first kappa shape index (κ1) is 24.4. The minimum absolute atomic E-state index is 0.0123. The Balaban J connectivity index is 1.71. The van der Waals surface area contributed by atoms with Crippen LogP contribution in [0.25, 0.3) is 16.8 Å². The van der Waals surface area contributed by atoms with Gasteiger partial charge in [-0.3, -0.25) is 14.5 Å². The number of aliphatic hydroxyl groups excluding tert-OH is 1. The van der Waals surface area contributed by atoms with E-state index in [4.69, 9.17) is 9.47 Å². The second-order valence-corrected chi connectivity index (χ2v) is 8.43. The molecule has 11 heteroatoms. The second kappa shape index (κ2) is 9.28. The number of imidazole rings is 1. The number of ether oxygens (including phenoxy) is 2. The molecule has 0 spiro atoms. The van der Waals surface area contributed by atoms with E-state index in [1.165, 1.54) is 68.8 Å². The van der Waals surface area contributed by atoms with Crippen LogP contribution in [-0.2, 0) is 9.59 Å². The summed E-state index contributed by atoms with van der Waals surface area (Å²) in [6.45, 7) is 0. The minimum Gasteiger partial charge on any atom is -0.508 e. The number of anilines is 1. The number of hydrogen-bond acceptors (Lipinski definition) is 8. The van der Waals surface area contributed by atoms with Crippen molar-refractivity contribution < 1.29 is 39.2 Å². The second-order valence-electron chi connectivity index (χ2n) is 8.43. The molecule has 3 aromatic carbocycles. The molecule has 1 saturated heterocycles. The van der Waals surface area contributed by atoms with Crippen molar-refractivity contribution in [2.45, 2.75) is 6.04 Å². The van der Waals surface area contributed by atoms with Gasteiger partial charge in [0.25, 0.3) is 5.78 Å². The average Bonchev–Trinajstić information content (AvgIpc) is 3.45. The quantitative estimate of drug-likeness (QED) is 0.171. The molecule has 1 atom stereocenters. The van der Waals surface area contributed by atoms with Crippen LogP contribution in [0, 0.1) is 0 Å². The molecule has 1 amide bonds. The monoisotopic (exact) mass is 515 g/mol. The van der Waals surface area contributed by atoms with Gasteiger partial charge < -0.3 is 29.8 Å². The normalized spacial score (nSPS) is 16.7. The number of aromatic nitrogens is 2. The van der Waals surface area contributed by atoms with Crippen LogP contribution in [0.1, 0.15) is 27.5 Å². The number of aliphatic hydroxyl groups is 1. The van der Waals surface area contributed by atoms with Crippen molar-refractivity contribution in [1.29, 1.82) is 0 Å². The summed E-state index contributed by atoms with van der Waals surface area (Å²) in [5.74, 6) is -2.84. The number of carbonyl (C=O) groups excluding carboxylic acids is 2. The smallest absolute Gasteiger partial charge is 0.335 e. The molecule has 4 aromatic rings. The maximum atomic E-state index is 13.4. The van der Waals surface area contributed by atoms with E-state index in [1.54, 1.807) is 6.07 Å². The van der Waals surface area contributed by atoms with Gasteiger partial charge in [0.1, 0.15) is 11.5 Å². The fourth-order valence-electron chi connectivity index (χ4n) is 4.41. The van der Waals surface area contributed by atoms with Gasteiger partial charge in [0.2, 0.25) is 5.95 Å². The number of ketones is 1. The van der Waals surface area contributed by atoms with E-state index >= 15 is 0 Å². The molecular formula is C27H21N3O8. The number of nitrogens with one attached hydrogen (secondary N) is 1. The van der Waals surface area contributed by atoms with E-state index in [-0.39, 0.29) is 28.4 Å². The van der Waals surface area contributed by atoms with E-state index in [0.29, 0.717) is 28.1 Å². The number of Topliss-reactive ketones (excluding diaryl/α,β-unsaturated/α-hetero) is 1. The lowest BCUT2D eigenvalue weighted by atomic mass is 9.95. The van der Waals surface area contributed by atoms with Crippen molar-refractivity contribution in [3.63, 3.8) is 0 Å². The third kappa shape index (κ3) is 3.95. The van der Waals surface area contributed by atoms with Crippen molar-refractivity contribution in [3.05, 3.63) is 82.9 Å². The number of hydrogen-bond donors (Lipinski definition) is 4. The number of carboxylic acids is 1. The van der Waals surface area contributed by atoms with Gasteiger partial charge >= 0.3 is 11.9 Å². The van der Waals surface area contributed by atoms with Crippen LogP contribution in [0.2, 0.25) is 0 Å². The molecular weight excluding hydrogens is 494 g/mol. The van der Waals surface area contributed by atoms with E-state index in [9.17, 15) is 29.7 Å². The van der Waals surface area contributed by atoms with Crippen LogP contribution in [0.4, 0.5) is 5.95 Å². The third-order valence-corrected chi connectivity index (χ3v) is 6.25. The molecule has 4 N–H and O–H groups in total. The lowest BCUT2D eigenvalue weighted by molar-refractivity contribution is -0.132. The number of aromatic hydroxyl groups is 1. The number of amides is 1. The number of benzene rings is 3. The minimum atomic E-state index is -1.14. The van der Waals surface area contributed by atoms with Crippen LogP contribution < -0.4 is 14.4 Å². The lowest BCUT2D eigenvalue weighted by Crippen LogP contribution is -2.30. The third-order valence-electron chi connectivity index (χ3n) is 6.25. The van der Waals surface area contributed by atoms with E-state index < -0.39 is 29.5 Å². The predicted molar refractivity (Wildman–Crippen MR) is 135 cm³/mol. The van der Waals surface area contributed by atoms with E-state index in [0.717, 1.165) is 4.90 Å². The van der Waals surface area contributed by atoms with Gasteiger partial charge in [0.15, 0.2) is 11.5 Å². The molecule has 1 aromatic heterocycles. The van der Waals surface area contributed by atoms with E-state index in [2.05, 4.69) is 9.97 Å². The standard InChI is InChI=1S/C27H21N3O8/c1-37-19-10-6-14(12-20(19)38-2)23(32)21-22(13-3-7-16(31)8-4-13)30(25(34)24(21)33)27-28-17-9-5-15(26(35)36)11-18(17)29-27/h3-12,22,31-32H,1-2H3,(H,28,29)(H,35,36)/b23-21+. The Labute approximate surface area is 215 Å². The highest BCUT2D eigenvalue weighted by molar-refractivity contribution is 6.51. The molecule has 5 rings (SSSR count). The summed E-state index contributed by atoms with van der Waals surface area (Å²) in [6, 6.07) is 13.5. The molecule has 1 aliphatic rings. The number of nitrogens with zero attached hydrogens (tertiary/aromatic N) is 2. The number of aromatic carboxylic acids is 1. The molecule has 38 heavy (non-hydrogen) atoms. The summed E-state index contributed by atoms with van der Waals surface area (Å²) < 4.78 is 10.5. The largest absolute Gasteiger partial charge is 0.508 e. The lowest BCUT2D eigenvalue weighted by Gasteiger charge is -2.23. The molecule has 0 bridgehead atoms. The summed E-state index contributed by atoms with van der Waals surface area (Å²) >= 11 is 0. The van der Waals surface area contributed by atoms with Gasteiger partial charge in [0.05, 0.1) is 42.4 Å². The molecule has 2 heterocycles. The maximum absolute atomic E-state index is 13.4. The molecule has 192 valence electrons. The number of carboxylic acid groups (broad SMARTS) is 1. The number of aromatic amines is 1. The average molecular weight is 515 g/mol. The molecule has 1 fully saturated rings. The highest BCUT2D eigenvalue weighted by Crippen LogP contribution is 2.43. The van der Waals surface area contributed by atoms with Gasteiger partial charge in [0, 0.05) is 5.56 Å². The van der Waals surface area contributed by atoms with Crippen molar-refractivity contribution in [1.82, 2.24) is 9.97 Å². The summed E-state index contributed by atoms with van der Waals surface area (Å²) in [5, 5.41) is 30.4. The summed E-state index contributed by atoms with van der Waals surface area (Å²) in [7, 11) is 2.88. The zero-order valence-corrected chi connectivity index (χ0v) is 20.1. The fourth-order valence-corrected chi connectivity index (χ4v) is 4.41. The number of fused-ring (bicyclic) bond motifs is 1. The van der Waals surface area contributed by atoms with Gasteiger partial charge in [-0.05, 0) is 54.1 Å². The first-order valence-electron chi connectivity index (χ1n) is 11.3. The number of H-pyrrole nitrogens is 1. The van der Waals surface area contributed by atoms with Crippen LogP contribution in [0.3, 0.4) is 0 Å². The summed E-state index contributed by atoms with van der Waals surface area (Å²) in [5.41, 5.74) is 1.14. The summed E-state index contributed by atoms with van der Waals surface area (Å²) in [6.07, 6.45) is 0. The van der Waals surface area contributed by atoms with Crippen LogP contribution in [-0.4, -0.2) is 57.2 Å². The first-order chi connectivity index (χ1) is 18.2. The Morgan fingerprint density at radius 1 is 0.921 bits per heavy atom. The molecule has 11 nitrogen and oxygen atoms in total. The molecule has 0 aliphatic carbocycles. The Hall–Kier alpha value is -5.32. The first-order valence-corrected chi connectivity index (χ1v) is 11.3. The molecule has 1 unspecified atom stereocenters. The van der Waals surface area contributed by atoms with Gasteiger partial charge in [-0.15, -0.1) is 0 Å². The van der Waals surface area contributed by atoms with Crippen molar-refractivity contribution in [2.24, 2.45) is 0 Å². The van der Waals surface area contributed by atoms with Crippen LogP contribution in [0.5, 0.6) is 17.2 Å². The number of phenols is 1. The van der Waals surface area contributed by atoms with Crippen molar-refractivity contribution in [2.75, 3.05) is 19.1 Å². The summed E-state index contributed by atoms with van der Waals surface area (Å²) in [4.78, 5) is 46.5. The SMILES string of the molecule is COc1ccc(/C(O)=C2\C(=O)C(=O)N(c3nc4ccc(C(=O)O)cc4[nH]3)C2c2ccc(O)cc2)cc1OC. The highest BCUT2D eigenvalue weighted by atomic mass is 16.5. The molecule has 0 saturated carbocycles. The number of rotatable bonds is 6. The Morgan fingerprint density at radius 2 is 1.61 bits per heavy atom. The van der Waals surface area contributed by atoms with Gasteiger partial charge in [-0.25, -0.2) is 9.78 Å².